The Morgan fingerprint density at radius 1 is 1.26 bits per heavy atom. The van der Waals surface area contributed by atoms with Crippen LogP contribution in [0.1, 0.15) is 42.4 Å². The van der Waals surface area contributed by atoms with Crippen LogP contribution in [0.3, 0.4) is 0 Å². The number of nitrogens with zero attached hydrogens (tertiary/aromatic N) is 3. The van der Waals surface area contributed by atoms with Gasteiger partial charge in [0.2, 0.25) is 0 Å². The summed E-state index contributed by atoms with van der Waals surface area (Å²) in [5.41, 5.74) is 0.592. The van der Waals surface area contributed by atoms with Crippen molar-refractivity contribution in [1.82, 2.24) is 14.8 Å². The van der Waals surface area contributed by atoms with Crippen LogP contribution in [0.4, 0.5) is 0 Å². The molecule has 0 saturated heterocycles. The van der Waals surface area contributed by atoms with E-state index < -0.39 is 0 Å². The van der Waals surface area contributed by atoms with Crippen LogP contribution in [0.15, 0.2) is 29.4 Å². The lowest BCUT2D eigenvalue weighted by Gasteiger charge is -2.08. The number of aldehydes is 1. The lowest BCUT2D eigenvalue weighted by Crippen LogP contribution is -2.02. The second kappa shape index (κ2) is 9.35. The predicted octanol–water partition coefficient (Wildman–Crippen LogP) is 3.53. The van der Waals surface area contributed by atoms with Gasteiger partial charge in [0.15, 0.2) is 11.4 Å². The lowest BCUT2D eigenvalue weighted by molar-refractivity contribution is 0.111. The van der Waals surface area contributed by atoms with Gasteiger partial charge in [-0.05, 0) is 25.0 Å². The average molecular weight is 333 g/mol. The fourth-order valence-corrected chi connectivity index (χ4v) is 2.98. The number of rotatable bonds is 10. The molecule has 2 aromatic rings. The first kappa shape index (κ1) is 17.5. The molecule has 5 nitrogen and oxygen atoms in total. The van der Waals surface area contributed by atoms with Gasteiger partial charge in [0, 0.05) is 19.2 Å². The van der Waals surface area contributed by atoms with E-state index in [2.05, 4.69) is 21.7 Å². The van der Waals surface area contributed by atoms with E-state index in [1.54, 1.807) is 17.8 Å². The Balaban J connectivity index is 1.73. The number of para-hydroxylation sites is 1. The number of carbonyl (C=O) groups excluding carboxylic acids is 1. The molecular formula is C17H23N3O2S. The van der Waals surface area contributed by atoms with E-state index in [1.165, 1.54) is 0 Å². The second-order valence-electron chi connectivity index (χ2n) is 5.27. The molecule has 0 saturated carbocycles. The summed E-state index contributed by atoms with van der Waals surface area (Å²) in [6.45, 7) is 2.76. The lowest BCUT2D eigenvalue weighted by atomic mass is 10.2. The smallest absolute Gasteiger partial charge is 0.190 e. The van der Waals surface area contributed by atoms with Crippen LogP contribution in [-0.2, 0) is 13.5 Å². The van der Waals surface area contributed by atoms with Crippen molar-refractivity contribution in [3.05, 3.63) is 35.7 Å². The monoisotopic (exact) mass is 333 g/mol. The summed E-state index contributed by atoms with van der Waals surface area (Å²) in [5, 5.41) is 9.43. The van der Waals surface area contributed by atoms with E-state index >= 15 is 0 Å². The zero-order chi connectivity index (χ0) is 16.5. The van der Waals surface area contributed by atoms with Crippen LogP contribution < -0.4 is 4.74 Å². The van der Waals surface area contributed by atoms with Crippen molar-refractivity contribution in [1.29, 1.82) is 0 Å². The second-order valence-corrected chi connectivity index (χ2v) is 6.33. The highest BCUT2D eigenvalue weighted by atomic mass is 32.2. The number of thioether (sulfide) groups is 1. The number of unbranched alkanes of at least 4 members (excludes halogenated alkanes) is 1. The standard InChI is InChI=1S/C17H23N3O2S/c1-3-4-10-16-18-19-17(20(16)2)23-12-7-11-22-15-9-6-5-8-14(15)13-21/h5-6,8-9,13H,3-4,7,10-12H2,1-2H3. The van der Waals surface area contributed by atoms with E-state index in [9.17, 15) is 4.79 Å². The minimum atomic E-state index is 0.582. The summed E-state index contributed by atoms with van der Waals surface area (Å²) in [6.07, 6.45) is 4.98. The van der Waals surface area contributed by atoms with Gasteiger partial charge in [0.05, 0.1) is 12.2 Å². The third kappa shape index (κ3) is 5.10. The van der Waals surface area contributed by atoms with Gasteiger partial charge in [-0.15, -0.1) is 10.2 Å². The van der Waals surface area contributed by atoms with E-state index in [4.69, 9.17) is 4.74 Å². The first-order valence-electron chi connectivity index (χ1n) is 7.94. The van der Waals surface area contributed by atoms with E-state index in [-0.39, 0.29) is 0 Å². The topological polar surface area (TPSA) is 57.0 Å². The molecule has 1 aromatic heterocycles. The quantitative estimate of drug-likeness (QED) is 0.378. The molecule has 23 heavy (non-hydrogen) atoms. The Hall–Kier alpha value is -1.82. The molecule has 2 rings (SSSR count). The number of hydrogen-bond acceptors (Lipinski definition) is 5. The number of benzene rings is 1. The molecule has 0 N–H and O–H groups in total. The molecule has 0 aliphatic carbocycles. The molecular weight excluding hydrogens is 310 g/mol. The van der Waals surface area contributed by atoms with Gasteiger partial charge in [-0.1, -0.05) is 37.2 Å². The van der Waals surface area contributed by atoms with Gasteiger partial charge < -0.3 is 9.30 Å². The van der Waals surface area contributed by atoms with Crippen molar-refractivity contribution in [3.8, 4) is 5.75 Å². The first-order chi connectivity index (χ1) is 11.3. The molecule has 0 aliphatic rings. The molecule has 1 heterocycles. The molecule has 0 unspecified atom stereocenters. The van der Waals surface area contributed by atoms with Crippen molar-refractivity contribution in [2.24, 2.45) is 7.05 Å². The molecule has 0 fully saturated rings. The molecule has 0 aliphatic heterocycles. The van der Waals surface area contributed by atoms with Crippen molar-refractivity contribution in [2.75, 3.05) is 12.4 Å². The highest BCUT2D eigenvalue weighted by Crippen LogP contribution is 2.19. The Labute approximate surface area is 141 Å². The summed E-state index contributed by atoms with van der Waals surface area (Å²) in [6, 6.07) is 7.28. The minimum absolute atomic E-state index is 0.582. The maximum Gasteiger partial charge on any atom is 0.190 e. The molecule has 0 amide bonds. The first-order valence-corrected chi connectivity index (χ1v) is 8.93. The normalized spacial score (nSPS) is 10.7. The maximum atomic E-state index is 10.9. The van der Waals surface area contributed by atoms with Crippen molar-refractivity contribution in [3.63, 3.8) is 0 Å². The highest BCUT2D eigenvalue weighted by molar-refractivity contribution is 7.99. The van der Waals surface area contributed by atoms with E-state index in [0.717, 1.165) is 48.7 Å². The zero-order valence-corrected chi connectivity index (χ0v) is 14.5. The van der Waals surface area contributed by atoms with E-state index in [0.29, 0.717) is 17.9 Å². The molecule has 0 radical (unpaired) electrons. The summed E-state index contributed by atoms with van der Waals surface area (Å²) < 4.78 is 7.74. The van der Waals surface area contributed by atoms with Crippen LogP contribution >= 0.6 is 11.8 Å². The Kier molecular flexibility index (Phi) is 7.13. The summed E-state index contributed by atoms with van der Waals surface area (Å²) >= 11 is 1.69. The number of aryl methyl sites for hydroxylation is 1. The van der Waals surface area contributed by atoms with Gasteiger partial charge in [-0.25, -0.2) is 0 Å². The van der Waals surface area contributed by atoms with Gasteiger partial charge >= 0.3 is 0 Å². The summed E-state index contributed by atoms with van der Waals surface area (Å²) in [5.74, 6) is 2.60. The predicted molar refractivity (Wildman–Crippen MR) is 92.3 cm³/mol. The molecule has 124 valence electrons. The molecule has 6 heteroatoms. The van der Waals surface area contributed by atoms with Crippen LogP contribution in [0.2, 0.25) is 0 Å². The number of hydrogen-bond donors (Lipinski definition) is 0. The Morgan fingerprint density at radius 3 is 2.87 bits per heavy atom. The minimum Gasteiger partial charge on any atom is -0.493 e. The fraction of sp³-hybridized carbons (Fsp3) is 0.471. The van der Waals surface area contributed by atoms with Crippen molar-refractivity contribution in [2.45, 2.75) is 37.8 Å². The third-order valence-electron chi connectivity index (χ3n) is 3.50. The summed E-state index contributed by atoms with van der Waals surface area (Å²) in [4.78, 5) is 10.9. The molecule has 0 atom stereocenters. The molecule has 0 bridgehead atoms. The Bertz CT molecular complexity index is 628. The maximum absolute atomic E-state index is 10.9. The number of aromatic nitrogens is 3. The molecule has 1 aromatic carbocycles. The molecule has 0 spiro atoms. The van der Waals surface area contributed by atoms with Gasteiger partial charge in [0.25, 0.3) is 0 Å². The fourth-order valence-electron chi connectivity index (χ4n) is 2.14. The number of carbonyl (C=O) groups is 1. The van der Waals surface area contributed by atoms with Crippen LogP contribution in [0, 0.1) is 0 Å². The number of ether oxygens (including phenoxy) is 1. The summed E-state index contributed by atoms with van der Waals surface area (Å²) in [7, 11) is 2.02. The third-order valence-corrected chi connectivity index (χ3v) is 4.61. The van der Waals surface area contributed by atoms with Crippen molar-refractivity contribution < 1.29 is 9.53 Å². The van der Waals surface area contributed by atoms with Crippen LogP contribution in [0.5, 0.6) is 5.75 Å². The largest absolute Gasteiger partial charge is 0.493 e. The van der Waals surface area contributed by atoms with Crippen LogP contribution in [-0.4, -0.2) is 33.4 Å². The van der Waals surface area contributed by atoms with Crippen LogP contribution in [0.25, 0.3) is 0 Å². The zero-order valence-electron chi connectivity index (χ0n) is 13.7. The SMILES string of the molecule is CCCCc1nnc(SCCCOc2ccccc2C=O)n1C. The van der Waals surface area contributed by atoms with Gasteiger partial charge in [-0.2, -0.15) is 0 Å². The van der Waals surface area contributed by atoms with Gasteiger partial charge in [-0.3, -0.25) is 4.79 Å². The van der Waals surface area contributed by atoms with Crippen molar-refractivity contribution >= 4 is 18.0 Å². The average Bonchev–Trinajstić information content (AvgIpc) is 2.93. The highest BCUT2D eigenvalue weighted by Gasteiger charge is 2.08. The van der Waals surface area contributed by atoms with Gasteiger partial charge in [0.1, 0.15) is 11.6 Å². The van der Waals surface area contributed by atoms with E-state index in [1.807, 2.05) is 25.2 Å². The Morgan fingerprint density at radius 2 is 2.09 bits per heavy atom.